The first-order valence-corrected chi connectivity index (χ1v) is 15.5. The number of benzene rings is 1. The van der Waals surface area contributed by atoms with Gasteiger partial charge in [-0.05, 0) is 63.0 Å². The summed E-state index contributed by atoms with van der Waals surface area (Å²) < 4.78 is 12.7. The first-order valence-electron chi connectivity index (χ1n) is 12.9. The molecule has 196 valence electrons. The Bertz CT molecular complexity index is 1110. The SMILES string of the molecule is CC[Si](CC)(CC)O[C@@H](COC(=O)N(CCc1c[nH]c2c(O)cccc12)C(C)(C)C)c1cccnc1. The zero-order valence-corrected chi connectivity index (χ0v) is 23.5. The lowest BCUT2D eigenvalue weighted by atomic mass is 10.0. The number of aromatic nitrogens is 2. The maximum absolute atomic E-state index is 13.4. The third-order valence-corrected chi connectivity index (χ3v) is 11.8. The molecule has 0 unspecified atom stereocenters. The molecule has 0 aliphatic carbocycles. The summed E-state index contributed by atoms with van der Waals surface area (Å²) in [6, 6.07) is 12.4. The number of carbonyl (C=O) groups excluding carboxylic acids is 1. The number of fused-ring (bicyclic) bond motifs is 1. The lowest BCUT2D eigenvalue weighted by molar-refractivity contribution is 0.0341. The summed E-state index contributed by atoms with van der Waals surface area (Å²) in [6.45, 7) is 13.2. The van der Waals surface area contributed by atoms with Crippen molar-refractivity contribution >= 4 is 25.3 Å². The van der Waals surface area contributed by atoms with Crippen molar-refractivity contribution in [3.05, 3.63) is 60.0 Å². The van der Waals surface area contributed by atoms with Crippen molar-refractivity contribution in [3.63, 3.8) is 0 Å². The quantitative estimate of drug-likeness (QED) is 0.276. The summed E-state index contributed by atoms with van der Waals surface area (Å²) in [5, 5.41) is 11.1. The van der Waals surface area contributed by atoms with Crippen LogP contribution < -0.4 is 0 Å². The number of ether oxygens (including phenoxy) is 1. The fourth-order valence-corrected chi connectivity index (χ4v) is 7.44. The fourth-order valence-electron chi connectivity index (χ4n) is 4.63. The van der Waals surface area contributed by atoms with E-state index in [9.17, 15) is 9.90 Å². The van der Waals surface area contributed by atoms with Gasteiger partial charge in [0.05, 0.1) is 5.52 Å². The summed E-state index contributed by atoms with van der Waals surface area (Å²) in [5.74, 6) is 0.221. The molecule has 2 N–H and O–H groups in total. The topological polar surface area (TPSA) is 87.7 Å². The number of phenolic OH excluding ortho intramolecular Hbond substituents is 1. The third kappa shape index (κ3) is 6.47. The smallest absolute Gasteiger partial charge is 0.410 e. The molecule has 1 aromatic carbocycles. The first kappa shape index (κ1) is 27.7. The van der Waals surface area contributed by atoms with Gasteiger partial charge in [0.15, 0.2) is 8.32 Å². The first-order chi connectivity index (χ1) is 17.1. The predicted molar refractivity (Wildman–Crippen MR) is 147 cm³/mol. The predicted octanol–water partition coefficient (Wildman–Crippen LogP) is 6.81. The van der Waals surface area contributed by atoms with Gasteiger partial charge in [-0.25, -0.2) is 4.79 Å². The number of H-pyrrole nitrogens is 1. The lowest BCUT2D eigenvalue weighted by Crippen LogP contribution is -2.47. The van der Waals surface area contributed by atoms with Crippen LogP contribution in [0.5, 0.6) is 5.75 Å². The van der Waals surface area contributed by atoms with Crippen molar-refractivity contribution < 1.29 is 19.1 Å². The van der Waals surface area contributed by atoms with E-state index in [1.54, 1.807) is 23.4 Å². The average molecular weight is 512 g/mol. The van der Waals surface area contributed by atoms with Gasteiger partial charge in [0.25, 0.3) is 0 Å². The number of pyridine rings is 1. The van der Waals surface area contributed by atoms with Crippen LogP contribution in [0.15, 0.2) is 48.9 Å². The van der Waals surface area contributed by atoms with Gasteiger partial charge in [-0.15, -0.1) is 0 Å². The number of para-hydroxylation sites is 1. The van der Waals surface area contributed by atoms with Gasteiger partial charge < -0.3 is 24.2 Å². The summed E-state index contributed by atoms with van der Waals surface area (Å²) in [7, 11) is -1.94. The number of nitrogens with zero attached hydrogens (tertiary/aromatic N) is 2. The standard InChI is InChI=1S/C28H41N3O4Si/c1-7-36(8-2,9-3)35-25(22-12-11-16-29-18-22)20-34-27(33)31(28(4,5)6)17-15-21-19-30-26-23(21)13-10-14-24(26)32/h10-14,16,18-19,25,30,32H,7-9,15,17,20H2,1-6H3/t25-/m0/s1. The third-order valence-electron chi connectivity index (χ3n) is 7.15. The van der Waals surface area contributed by atoms with Crippen LogP contribution in [0, 0.1) is 0 Å². The molecule has 1 amide bonds. The fraction of sp³-hybridized carbons (Fsp3) is 0.500. The van der Waals surface area contributed by atoms with E-state index in [2.05, 4.69) is 30.7 Å². The zero-order chi connectivity index (χ0) is 26.3. The molecule has 1 atom stereocenters. The molecule has 0 saturated carbocycles. The van der Waals surface area contributed by atoms with Crippen LogP contribution in [0.3, 0.4) is 0 Å². The maximum atomic E-state index is 13.4. The van der Waals surface area contributed by atoms with E-state index in [1.165, 1.54) is 0 Å². The summed E-state index contributed by atoms with van der Waals surface area (Å²) in [5.41, 5.74) is 2.26. The molecule has 7 nitrogen and oxygen atoms in total. The largest absolute Gasteiger partial charge is 0.506 e. The second-order valence-corrected chi connectivity index (χ2v) is 15.0. The van der Waals surface area contributed by atoms with Crippen molar-refractivity contribution in [3.8, 4) is 5.75 Å². The molecule has 0 spiro atoms. The number of hydrogen-bond acceptors (Lipinski definition) is 5. The molecule has 0 fully saturated rings. The van der Waals surface area contributed by atoms with E-state index in [-0.39, 0.29) is 24.6 Å². The molecule has 2 heterocycles. The van der Waals surface area contributed by atoms with E-state index in [0.29, 0.717) is 18.5 Å². The van der Waals surface area contributed by atoms with Gasteiger partial charge in [0.1, 0.15) is 18.5 Å². The zero-order valence-electron chi connectivity index (χ0n) is 22.5. The minimum atomic E-state index is -1.94. The van der Waals surface area contributed by atoms with E-state index in [0.717, 1.165) is 34.6 Å². The number of amides is 1. The van der Waals surface area contributed by atoms with Crippen LogP contribution in [0.25, 0.3) is 10.9 Å². The van der Waals surface area contributed by atoms with Crippen molar-refractivity contribution in [1.82, 2.24) is 14.9 Å². The Balaban J connectivity index is 1.75. The van der Waals surface area contributed by atoms with Crippen LogP contribution >= 0.6 is 0 Å². The number of aromatic hydroxyl groups is 1. The summed E-state index contributed by atoms with van der Waals surface area (Å²) in [4.78, 5) is 22.5. The highest BCUT2D eigenvalue weighted by Crippen LogP contribution is 2.31. The van der Waals surface area contributed by atoms with Gasteiger partial charge in [-0.1, -0.05) is 39.0 Å². The maximum Gasteiger partial charge on any atom is 0.410 e. The molecular weight excluding hydrogens is 470 g/mol. The second-order valence-electron chi connectivity index (χ2n) is 10.3. The molecule has 2 aromatic heterocycles. The van der Waals surface area contributed by atoms with Crippen LogP contribution in [0.1, 0.15) is 58.8 Å². The molecule has 0 bridgehead atoms. The average Bonchev–Trinajstić information content (AvgIpc) is 3.29. The van der Waals surface area contributed by atoms with E-state index in [1.807, 2.05) is 51.2 Å². The Labute approximate surface area is 216 Å². The Morgan fingerprint density at radius 3 is 2.47 bits per heavy atom. The molecule has 8 heteroatoms. The normalized spacial score (nSPS) is 13.1. The Hall–Kier alpha value is -2.84. The number of nitrogens with one attached hydrogen (secondary N) is 1. The Kier molecular flexibility index (Phi) is 9.19. The summed E-state index contributed by atoms with van der Waals surface area (Å²) in [6.07, 6.45) is 5.37. The molecule has 3 aromatic rings. The number of carbonyl (C=O) groups is 1. The van der Waals surface area contributed by atoms with Gasteiger partial charge in [0.2, 0.25) is 0 Å². The monoisotopic (exact) mass is 511 g/mol. The van der Waals surface area contributed by atoms with Crippen molar-refractivity contribution in [1.29, 1.82) is 0 Å². The van der Waals surface area contributed by atoms with Crippen LogP contribution in [-0.4, -0.2) is 53.1 Å². The Morgan fingerprint density at radius 2 is 1.86 bits per heavy atom. The number of rotatable bonds is 11. The lowest BCUT2D eigenvalue weighted by Gasteiger charge is -2.36. The van der Waals surface area contributed by atoms with Crippen LogP contribution in [0.4, 0.5) is 4.79 Å². The van der Waals surface area contributed by atoms with Crippen molar-refractivity contribution in [2.75, 3.05) is 13.2 Å². The van der Waals surface area contributed by atoms with E-state index in [4.69, 9.17) is 9.16 Å². The van der Waals surface area contributed by atoms with Gasteiger partial charge in [-0.3, -0.25) is 4.98 Å². The molecular formula is C28H41N3O4Si. The van der Waals surface area contributed by atoms with Gasteiger partial charge >= 0.3 is 6.09 Å². The van der Waals surface area contributed by atoms with Gasteiger partial charge in [0, 0.05) is 41.6 Å². The van der Waals surface area contributed by atoms with Crippen LogP contribution in [0.2, 0.25) is 18.1 Å². The molecule has 36 heavy (non-hydrogen) atoms. The molecule has 3 rings (SSSR count). The van der Waals surface area contributed by atoms with Crippen molar-refractivity contribution in [2.24, 2.45) is 0 Å². The number of phenols is 1. The highest BCUT2D eigenvalue weighted by atomic mass is 28.4. The number of hydrogen-bond donors (Lipinski definition) is 2. The second kappa shape index (κ2) is 11.9. The van der Waals surface area contributed by atoms with E-state index < -0.39 is 13.9 Å². The molecule has 0 saturated heterocycles. The van der Waals surface area contributed by atoms with Gasteiger partial charge in [-0.2, -0.15) is 0 Å². The summed E-state index contributed by atoms with van der Waals surface area (Å²) >= 11 is 0. The van der Waals surface area contributed by atoms with E-state index >= 15 is 0 Å². The van der Waals surface area contributed by atoms with Crippen LogP contribution in [-0.2, 0) is 15.6 Å². The Morgan fingerprint density at radius 1 is 1.14 bits per heavy atom. The molecule has 0 radical (unpaired) electrons. The molecule has 0 aliphatic heterocycles. The minimum absolute atomic E-state index is 0.146. The highest BCUT2D eigenvalue weighted by molar-refractivity contribution is 6.73. The molecule has 0 aliphatic rings. The number of aromatic amines is 1. The minimum Gasteiger partial charge on any atom is -0.506 e. The van der Waals surface area contributed by atoms with Crippen molar-refractivity contribution in [2.45, 2.75) is 77.7 Å². The highest BCUT2D eigenvalue weighted by Gasteiger charge is 2.34.